The van der Waals surface area contributed by atoms with E-state index in [-0.39, 0.29) is 0 Å². The Balaban J connectivity index is 1.80. The largest absolute Gasteiger partial charge is 0.494 e. The molecule has 1 aromatic rings. The van der Waals surface area contributed by atoms with Crippen LogP contribution in [0.2, 0.25) is 0 Å². The van der Waals surface area contributed by atoms with Gasteiger partial charge in [-0.15, -0.1) is 0 Å². The average Bonchev–Trinajstić information content (AvgIpc) is 3.02. The smallest absolute Gasteiger partial charge is 0.488 e. The van der Waals surface area contributed by atoms with Crippen molar-refractivity contribution in [3.05, 3.63) is 24.3 Å². The Kier molecular flexibility index (Phi) is 3.28. The third kappa shape index (κ3) is 3.25. The van der Waals surface area contributed by atoms with Gasteiger partial charge in [-0.2, -0.15) is 0 Å². The zero-order chi connectivity index (χ0) is 10.7. The molecule has 0 radical (unpaired) electrons. The summed E-state index contributed by atoms with van der Waals surface area (Å²) in [6.45, 7) is 0.756. The predicted molar refractivity (Wildman–Crippen MR) is 59.1 cm³/mol. The molecule has 0 unspecified atom stereocenters. The van der Waals surface area contributed by atoms with Gasteiger partial charge in [-0.1, -0.05) is 25.0 Å². The summed E-state index contributed by atoms with van der Waals surface area (Å²) in [5, 5.41) is 17.8. The van der Waals surface area contributed by atoms with Crippen LogP contribution in [0.15, 0.2) is 24.3 Å². The Hall–Kier alpha value is -0.995. The molecule has 80 valence electrons. The molecule has 0 heterocycles. The molecule has 15 heavy (non-hydrogen) atoms. The Morgan fingerprint density at radius 2 is 1.87 bits per heavy atom. The molecule has 0 aromatic heterocycles. The Bertz CT molecular complexity index is 306. The second-order valence-electron chi connectivity index (χ2n) is 4.02. The fraction of sp³-hybridized carbons (Fsp3) is 0.455. The Morgan fingerprint density at radius 1 is 1.20 bits per heavy atom. The molecular formula is C11H15BO3. The highest BCUT2D eigenvalue weighted by atomic mass is 16.5. The van der Waals surface area contributed by atoms with Crippen molar-refractivity contribution >= 4 is 12.6 Å². The van der Waals surface area contributed by atoms with Crippen LogP contribution in [0, 0.1) is 5.92 Å². The van der Waals surface area contributed by atoms with Gasteiger partial charge in [0.2, 0.25) is 0 Å². The molecule has 1 fully saturated rings. The third-order valence-electron chi connectivity index (χ3n) is 2.67. The summed E-state index contributed by atoms with van der Waals surface area (Å²) in [4.78, 5) is 0. The van der Waals surface area contributed by atoms with Crippen LogP contribution in [0.4, 0.5) is 0 Å². The molecular weight excluding hydrogens is 191 g/mol. The number of hydrogen-bond donors (Lipinski definition) is 2. The first-order chi connectivity index (χ1) is 7.25. The molecule has 2 N–H and O–H groups in total. The standard InChI is InChI=1S/C11H15BO3/c13-12(14)10-3-5-11(6-4-10)15-8-7-9-1-2-9/h3-6,9,13-14H,1-2,7-8H2. The first kappa shape index (κ1) is 10.5. The fourth-order valence-electron chi connectivity index (χ4n) is 1.49. The Morgan fingerprint density at radius 3 is 2.40 bits per heavy atom. The topological polar surface area (TPSA) is 49.7 Å². The van der Waals surface area contributed by atoms with Crippen molar-refractivity contribution in [3.63, 3.8) is 0 Å². The van der Waals surface area contributed by atoms with Gasteiger partial charge in [-0.25, -0.2) is 0 Å². The lowest BCUT2D eigenvalue weighted by atomic mass is 9.80. The fourth-order valence-corrected chi connectivity index (χ4v) is 1.49. The van der Waals surface area contributed by atoms with Gasteiger partial charge in [-0.05, 0) is 29.9 Å². The summed E-state index contributed by atoms with van der Waals surface area (Å²) >= 11 is 0. The monoisotopic (exact) mass is 206 g/mol. The van der Waals surface area contributed by atoms with E-state index in [0.29, 0.717) is 5.46 Å². The summed E-state index contributed by atoms with van der Waals surface area (Å²) in [6.07, 6.45) is 3.82. The van der Waals surface area contributed by atoms with E-state index in [4.69, 9.17) is 14.8 Å². The molecule has 3 nitrogen and oxygen atoms in total. The van der Waals surface area contributed by atoms with E-state index in [0.717, 1.165) is 24.7 Å². The number of benzene rings is 1. The van der Waals surface area contributed by atoms with Crippen molar-refractivity contribution in [2.24, 2.45) is 5.92 Å². The highest BCUT2D eigenvalue weighted by Gasteiger charge is 2.20. The molecule has 0 atom stereocenters. The lowest BCUT2D eigenvalue weighted by Gasteiger charge is -2.06. The van der Waals surface area contributed by atoms with Crippen molar-refractivity contribution < 1.29 is 14.8 Å². The average molecular weight is 206 g/mol. The molecule has 0 saturated heterocycles. The van der Waals surface area contributed by atoms with Crippen molar-refractivity contribution in [3.8, 4) is 5.75 Å². The number of hydrogen-bond acceptors (Lipinski definition) is 3. The van der Waals surface area contributed by atoms with E-state index < -0.39 is 7.12 Å². The molecule has 0 aliphatic heterocycles. The van der Waals surface area contributed by atoms with E-state index in [1.807, 2.05) is 0 Å². The van der Waals surface area contributed by atoms with Gasteiger partial charge in [0.25, 0.3) is 0 Å². The van der Waals surface area contributed by atoms with E-state index in [1.54, 1.807) is 24.3 Å². The molecule has 1 aliphatic carbocycles. The van der Waals surface area contributed by atoms with Crippen LogP contribution in [-0.2, 0) is 0 Å². The van der Waals surface area contributed by atoms with Gasteiger partial charge >= 0.3 is 7.12 Å². The first-order valence-corrected chi connectivity index (χ1v) is 5.34. The van der Waals surface area contributed by atoms with Crippen molar-refractivity contribution in [1.82, 2.24) is 0 Å². The second kappa shape index (κ2) is 4.68. The molecule has 1 aliphatic rings. The first-order valence-electron chi connectivity index (χ1n) is 5.34. The van der Waals surface area contributed by atoms with Crippen molar-refractivity contribution in [1.29, 1.82) is 0 Å². The number of ether oxygens (including phenoxy) is 1. The lowest BCUT2D eigenvalue weighted by molar-refractivity contribution is 0.302. The van der Waals surface area contributed by atoms with Gasteiger partial charge in [0, 0.05) is 0 Å². The van der Waals surface area contributed by atoms with Crippen LogP contribution >= 0.6 is 0 Å². The maximum absolute atomic E-state index is 8.89. The van der Waals surface area contributed by atoms with Gasteiger partial charge in [0.1, 0.15) is 5.75 Å². The maximum Gasteiger partial charge on any atom is 0.488 e. The van der Waals surface area contributed by atoms with E-state index in [1.165, 1.54) is 12.8 Å². The van der Waals surface area contributed by atoms with Crippen LogP contribution < -0.4 is 10.2 Å². The Labute approximate surface area is 89.8 Å². The minimum absolute atomic E-state index is 0.490. The zero-order valence-corrected chi connectivity index (χ0v) is 8.60. The predicted octanol–water partition coefficient (Wildman–Crippen LogP) is 0.545. The van der Waals surface area contributed by atoms with Crippen LogP contribution in [-0.4, -0.2) is 23.8 Å². The van der Waals surface area contributed by atoms with E-state index in [2.05, 4.69) is 0 Å². The minimum Gasteiger partial charge on any atom is -0.494 e. The normalized spacial score (nSPS) is 15.1. The molecule has 1 aromatic carbocycles. The summed E-state index contributed by atoms with van der Waals surface area (Å²) in [7, 11) is -1.40. The second-order valence-corrected chi connectivity index (χ2v) is 4.02. The lowest BCUT2D eigenvalue weighted by Crippen LogP contribution is -2.29. The molecule has 0 amide bonds. The van der Waals surface area contributed by atoms with Crippen molar-refractivity contribution in [2.75, 3.05) is 6.61 Å². The minimum atomic E-state index is -1.40. The maximum atomic E-state index is 8.89. The molecule has 0 spiro atoms. The SMILES string of the molecule is OB(O)c1ccc(OCCC2CC2)cc1. The van der Waals surface area contributed by atoms with Gasteiger partial charge in [-0.3, -0.25) is 0 Å². The van der Waals surface area contributed by atoms with Crippen LogP contribution in [0.3, 0.4) is 0 Å². The summed E-state index contributed by atoms with van der Waals surface area (Å²) < 4.78 is 5.53. The summed E-state index contributed by atoms with van der Waals surface area (Å²) in [6, 6.07) is 6.86. The summed E-state index contributed by atoms with van der Waals surface area (Å²) in [5.74, 6) is 1.67. The van der Waals surface area contributed by atoms with Gasteiger partial charge in [0.05, 0.1) is 6.61 Å². The van der Waals surface area contributed by atoms with E-state index in [9.17, 15) is 0 Å². The third-order valence-corrected chi connectivity index (χ3v) is 2.67. The number of rotatable bonds is 5. The van der Waals surface area contributed by atoms with Crippen LogP contribution in [0.1, 0.15) is 19.3 Å². The zero-order valence-electron chi connectivity index (χ0n) is 8.60. The quantitative estimate of drug-likeness (QED) is 0.691. The highest BCUT2D eigenvalue weighted by Crippen LogP contribution is 2.32. The molecule has 0 bridgehead atoms. The van der Waals surface area contributed by atoms with Gasteiger partial charge < -0.3 is 14.8 Å². The van der Waals surface area contributed by atoms with Gasteiger partial charge in [0.15, 0.2) is 0 Å². The van der Waals surface area contributed by atoms with Crippen LogP contribution in [0.5, 0.6) is 5.75 Å². The molecule has 1 saturated carbocycles. The highest BCUT2D eigenvalue weighted by molar-refractivity contribution is 6.58. The van der Waals surface area contributed by atoms with Crippen molar-refractivity contribution in [2.45, 2.75) is 19.3 Å². The molecule has 4 heteroatoms. The summed E-state index contributed by atoms with van der Waals surface area (Å²) in [5.41, 5.74) is 0.490. The van der Waals surface area contributed by atoms with Crippen LogP contribution in [0.25, 0.3) is 0 Å². The van der Waals surface area contributed by atoms with E-state index >= 15 is 0 Å². The molecule has 2 rings (SSSR count).